The Labute approximate surface area is 152 Å². The van der Waals surface area contributed by atoms with Crippen molar-refractivity contribution >= 4 is 23.4 Å². The van der Waals surface area contributed by atoms with Gasteiger partial charge in [-0.15, -0.1) is 0 Å². The minimum atomic E-state index is -0.129. The molecule has 25 heavy (non-hydrogen) atoms. The van der Waals surface area contributed by atoms with Gasteiger partial charge in [0.15, 0.2) is 0 Å². The van der Waals surface area contributed by atoms with E-state index in [2.05, 4.69) is 0 Å². The van der Waals surface area contributed by atoms with Crippen molar-refractivity contribution in [3.8, 4) is 5.75 Å². The van der Waals surface area contributed by atoms with Crippen LogP contribution in [0.25, 0.3) is 0 Å². The molecule has 0 aliphatic carbocycles. The Morgan fingerprint density at radius 1 is 1.20 bits per heavy atom. The van der Waals surface area contributed by atoms with Crippen molar-refractivity contribution < 1.29 is 19.1 Å². The van der Waals surface area contributed by atoms with E-state index in [1.54, 1.807) is 15.9 Å². The van der Waals surface area contributed by atoms with E-state index in [1.165, 1.54) is 7.11 Å². The summed E-state index contributed by atoms with van der Waals surface area (Å²) < 4.78 is 10.7. The first-order valence-electron chi connectivity index (χ1n) is 8.55. The highest BCUT2D eigenvalue weighted by Crippen LogP contribution is 2.28. The van der Waals surface area contributed by atoms with E-state index < -0.39 is 0 Å². The topological polar surface area (TPSA) is 59.1 Å². The molecule has 0 aromatic heterocycles. The van der Waals surface area contributed by atoms with Crippen molar-refractivity contribution in [3.63, 3.8) is 0 Å². The fourth-order valence-corrected chi connectivity index (χ4v) is 3.47. The number of likely N-dealkylation sites (tertiary alicyclic amines) is 2. The van der Waals surface area contributed by atoms with Crippen molar-refractivity contribution in [2.24, 2.45) is 5.92 Å². The van der Waals surface area contributed by atoms with Crippen LogP contribution in [0.2, 0.25) is 5.02 Å². The Bertz CT molecular complexity index is 633. The van der Waals surface area contributed by atoms with Crippen molar-refractivity contribution in [1.29, 1.82) is 0 Å². The zero-order chi connectivity index (χ0) is 17.8. The number of hydrogen-bond donors (Lipinski definition) is 0. The maximum absolute atomic E-state index is 12.6. The number of rotatable bonds is 5. The number of methoxy groups -OCH3 is 1. The van der Waals surface area contributed by atoms with E-state index in [0.717, 1.165) is 12.8 Å². The molecular weight excluding hydrogens is 344 g/mol. The van der Waals surface area contributed by atoms with Crippen LogP contribution in [-0.2, 0) is 14.3 Å². The van der Waals surface area contributed by atoms with Gasteiger partial charge < -0.3 is 19.3 Å². The summed E-state index contributed by atoms with van der Waals surface area (Å²) in [5, 5.41) is 0.576. The number of ether oxygens (including phenoxy) is 2. The minimum absolute atomic E-state index is 0.0290. The van der Waals surface area contributed by atoms with Crippen LogP contribution in [0.15, 0.2) is 24.3 Å². The smallest absolute Gasteiger partial charge is 0.248 e. The molecule has 136 valence electrons. The fourth-order valence-electron chi connectivity index (χ4n) is 3.29. The Morgan fingerprint density at radius 2 is 1.96 bits per heavy atom. The van der Waals surface area contributed by atoms with Gasteiger partial charge >= 0.3 is 0 Å². The highest BCUT2D eigenvalue weighted by Gasteiger charge is 2.38. The number of para-hydroxylation sites is 1. The van der Waals surface area contributed by atoms with Crippen LogP contribution in [0.3, 0.4) is 0 Å². The minimum Gasteiger partial charge on any atom is -0.485 e. The first-order valence-corrected chi connectivity index (χ1v) is 8.93. The molecule has 0 spiro atoms. The summed E-state index contributed by atoms with van der Waals surface area (Å²) in [5.74, 6) is 0.573. The summed E-state index contributed by atoms with van der Waals surface area (Å²) in [6.07, 6.45) is 1.64. The number of halogens is 1. The number of nitrogens with zero attached hydrogens (tertiary/aromatic N) is 2. The summed E-state index contributed by atoms with van der Waals surface area (Å²) in [4.78, 5) is 28.1. The van der Waals surface area contributed by atoms with E-state index in [-0.39, 0.29) is 30.4 Å². The predicted molar refractivity (Wildman–Crippen MR) is 93.6 cm³/mol. The second-order valence-electron chi connectivity index (χ2n) is 6.53. The Morgan fingerprint density at radius 3 is 2.68 bits per heavy atom. The molecule has 0 bridgehead atoms. The van der Waals surface area contributed by atoms with Gasteiger partial charge in [-0.1, -0.05) is 23.7 Å². The zero-order valence-electron chi connectivity index (χ0n) is 14.3. The lowest BCUT2D eigenvalue weighted by atomic mass is 9.94. The number of piperidine rings is 1. The molecule has 1 unspecified atom stereocenters. The Hall–Kier alpha value is -1.79. The SMILES string of the molecule is COCC(=O)N1CCCC(C(=O)N2CC(Oc3ccccc3Cl)C2)C1. The molecule has 2 fully saturated rings. The summed E-state index contributed by atoms with van der Waals surface area (Å²) >= 11 is 6.09. The Kier molecular flexibility index (Phi) is 5.81. The van der Waals surface area contributed by atoms with Gasteiger partial charge in [-0.05, 0) is 25.0 Å². The van der Waals surface area contributed by atoms with E-state index in [4.69, 9.17) is 21.1 Å². The molecular formula is C18H23ClN2O4. The van der Waals surface area contributed by atoms with Crippen molar-refractivity contribution in [3.05, 3.63) is 29.3 Å². The molecule has 2 heterocycles. The first kappa shape index (κ1) is 18.0. The summed E-state index contributed by atoms with van der Waals surface area (Å²) in [6.45, 7) is 2.37. The lowest BCUT2D eigenvalue weighted by Crippen LogP contribution is -2.59. The monoisotopic (exact) mass is 366 g/mol. The average Bonchev–Trinajstić information content (AvgIpc) is 2.59. The number of carbonyl (C=O) groups excluding carboxylic acids is 2. The molecule has 0 saturated carbocycles. The lowest BCUT2D eigenvalue weighted by Gasteiger charge is -2.42. The van der Waals surface area contributed by atoms with Gasteiger partial charge in [-0.2, -0.15) is 0 Å². The van der Waals surface area contributed by atoms with Gasteiger partial charge in [0.2, 0.25) is 11.8 Å². The predicted octanol–water partition coefficient (Wildman–Crippen LogP) is 1.81. The normalized spacial score (nSPS) is 21.0. The van der Waals surface area contributed by atoms with Gasteiger partial charge in [0.25, 0.3) is 0 Å². The molecule has 2 amide bonds. The molecule has 7 heteroatoms. The van der Waals surface area contributed by atoms with E-state index >= 15 is 0 Å². The largest absolute Gasteiger partial charge is 0.485 e. The van der Waals surface area contributed by atoms with Crippen LogP contribution >= 0.6 is 11.6 Å². The number of benzene rings is 1. The first-order chi connectivity index (χ1) is 12.1. The second kappa shape index (κ2) is 8.06. The maximum Gasteiger partial charge on any atom is 0.248 e. The van der Waals surface area contributed by atoms with Crippen molar-refractivity contribution in [2.45, 2.75) is 18.9 Å². The van der Waals surface area contributed by atoms with Crippen LogP contribution in [0.1, 0.15) is 12.8 Å². The van der Waals surface area contributed by atoms with Crippen molar-refractivity contribution in [1.82, 2.24) is 9.80 Å². The standard InChI is InChI=1S/C18H23ClN2O4/c1-24-12-17(22)20-8-4-5-13(9-20)18(23)21-10-14(11-21)25-16-7-3-2-6-15(16)19/h2-3,6-7,13-14H,4-5,8-12H2,1H3. The third-order valence-electron chi connectivity index (χ3n) is 4.68. The van der Waals surface area contributed by atoms with Crippen LogP contribution in [0.5, 0.6) is 5.75 Å². The molecule has 0 N–H and O–H groups in total. The molecule has 6 nitrogen and oxygen atoms in total. The van der Waals surface area contributed by atoms with Crippen LogP contribution in [-0.4, -0.2) is 67.6 Å². The molecule has 3 rings (SSSR count). The summed E-state index contributed by atoms with van der Waals surface area (Å²) in [6, 6.07) is 7.33. The molecule has 2 aliphatic heterocycles. The van der Waals surface area contributed by atoms with E-state index in [0.29, 0.717) is 37.0 Å². The zero-order valence-corrected chi connectivity index (χ0v) is 15.1. The average molecular weight is 367 g/mol. The van der Waals surface area contributed by atoms with Gasteiger partial charge in [0.05, 0.1) is 24.0 Å². The third-order valence-corrected chi connectivity index (χ3v) is 4.99. The Balaban J connectivity index is 1.48. The maximum atomic E-state index is 12.6. The molecule has 1 aromatic carbocycles. The molecule has 1 atom stereocenters. The molecule has 1 aromatic rings. The number of amides is 2. The van der Waals surface area contributed by atoms with Gasteiger partial charge in [0, 0.05) is 20.2 Å². The molecule has 2 saturated heterocycles. The van der Waals surface area contributed by atoms with Gasteiger partial charge in [0.1, 0.15) is 18.5 Å². The third kappa shape index (κ3) is 4.25. The summed E-state index contributed by atoms with van der Waals surface area (Å²) in [7, 11) is 1.50. The van der Waals surface area contributed by atoms with Crippen LogP contribution in [0, 0.1) is 5.92 Å². The highest BCUT2D eigenvalue weighted by molar-refractivity contribution is 6.32. The number of hydrogen-bond acceptors (Lipinski definition) is 4. The van der Waals surface area contributed by atoms with E-state index in [1.807, 2.05) is 18.2 Å². The fraction of sp³-hybridized carbons (Fsp3) is 0.556. The van der Waals surface area contributed by atoms with Crippen molar-refractivity contribution in [2.75, 3.05) is 39.9 Å². The lowest BCUT2D eigenvalue weighted by molar-refractivity contribution is -0.148. The van der Waals surface area contributed by atoms with Gasteiger partial charge in [-0.3, -0.25) is 9.59 Å². The van der Waals surface area contributed by atoms with Gasteiger partial charge in [-0.25, -0.2) is 0 Å². The highest BCUT2D eigenvalue weighted by atomic mass is 35.5. The second-order valence-corrected chi connectivity index (χ2v) is 6.93. The van der Waals surface area contributed by atoms with E-state index in [9.17, 15) is 9.59 Å². The number of carbonyl (C=O) groups is 2. The molecule has 2 aliphatic rings. The molecule has 0 radical (unpaired) electrons. The van der Waals surface area contributed by atoms with Crippen LogP contribution < -0.4 is 4.74 Å². The quantitative estimate of drug-likeness (QED) is 0.797. The summed E-state index contributed by atoms with van der Waals surface area (Å²) in [5.41, 5.74) is 0. The van der Waals surface area contributed by atoms with Crippen LogP contribution in [0.4, 0.5) is 0 Å².